The van der Waals surface area contributed by atoms with Crippen molar-refractivity contribution in [2.24, 2.45) is 11.8 Å². The minimum Gasteiger partial charge on any atom is -0.372 e. The molecule has 1 aromatic rings. The molecule has 1 aliphatic rings. The van der Waals surface area contributed by atoms with Crippen LogP contribution >= 0.6 is 15.9 Å². The van der Waals surface area contributed by atoms with Gasteiger partial charge in [-0.1, -0.05) is 15.9 Å². The lowest BCUT2D eigenvalue weighted by Crippen LogP contribution is -2.34. The van der Waals surface area contributed by atoms with E-state index in [1.165, 1.54) is 28.6 Å². The molecule has 0 amide bonds. The Bertz CT molecular complexity index is 389. The third-order valence-corrected chi connectivity index (χ3v) is 4.65. The summed E-state index contributed by atoms with van der Waals surface area (Å²) in [4.78, 5) is 7.14. The number of aryl methyl sites for hydroxylation is 1. The number of nitrogens with two attached hydrogens (primary N) is 1. The molecule has 1 aliphatic heterocycles. The van der Waals surface area contributed by atoms with Crippen LogP contribution in [-0.4, -0.2) is 19.7 Å². The lowest BCUT2D eigenvalue weighted by molar-refractivity contribution is 0.118. The molecular formula is C14H21BrN2O. The molecule has 0 aromatic heterocycles. The Morgan fingerprint density at radius 3 is 2.72 bits per heavy atom. The highest BCUT2D eigenvalue weighted by atomic mass is 79.9. The van der Waals surface area contributed by atoms with Crippen LogP contribution in [0.5, 0.6) is 0 Å². The number of hydrogen-bond acceptors (Lipinski definition) is 3. The number of rotatable bonds is 4. The van der Waals surface area contributed by atoms with Crippen LogP contribution < -0.4 is 10.8 Å². The zero-order chi connectivity index (χ0) is 13.0. The van der Waals surface area contributed by atoms with Crippen molar-refractivity contribution in [1.29, 1.82) is 0 Å². The second-order valence-corrected chi connectivity index (χ2v) is 5.88. The molecule has 0 radical (unpaired) electrons. The van der Waals surface area contributed by atoms with Gasteiger partial charge in [-0.3, -0.25) is 0 Å². The van der Waals surface area contributed by atoms with Crippen molar-refractivity contribution < 1.29 is 4.84 Å². The van der Waals surface area contributed by atoms with Gasteiger partial charge >= 0.3 is 0 Å². The maximum absolute atomic E-state index is 5.08. The third kappa shape index (κ3) is 3.46. The van der Waals surface area contributed by atoms with Gasteiger partial charge in [0.1, 0.15) is 0 Å². The van der Waals surface area contributed by atoms with E-state index in [2.05, 4.69) is 50.8 Å². The Balaban J connectivity index is 1.90. The molecule has 0 bridgehead atoms. The molecular weight excluding hydrogens is 292 g/mol. The molecule has 1 aromatic carbocycles. The second-order valence-electron chi connectivity index (χ2n) is 5.02. The quantitative estimate of drug-likeness (QED) is 0.867. The van der Waals surface area contributed by atoms with E-state index < -0.39 is 0 Å². The van der Waals surface area contributed by atoms with E-state index in [4.69, 9.17) is 5.90 Å². The summed E-state index contributed by atoms with van der Waals surface area (Å²) < 4.78 is 1.18. The maximum atomic E-state index is 5.08. The van der Waals surface area contributed by atoms with Gasteiger partial charge in [-0.05, 0) is 55.9 Å². The van der Waals surface area contributed by atoms with E-state index in [0.717, 1.165) is 25.4 Å². The largest absolute Gasteiger partial charge is 0.372 e. The smallest absolute Gasteiger partial charge is 0.0681 e. The SMILES string of the molecule is Cc1cc(N2CCC(CCON)CC2)ccc1Br. The highest BCUT2D eigenvalue weighted by molar-refractivity contribution is 9.10. The van der Waals surface area contributed by atoms with Crippen molar-refractivity contribution in [2.45, 2.75) is 26.2 Å². The fourth-order valence-electron chi connectivity index (χ4n) is 2.54. The van der Waals surface area contributed by atoms with Crippen molar-refractivity contribution in [3.05, 3.63) is 28.2 Å². The van der Waals surface area contributed by atoms with Crippen molar-refractivity contribution in [2.75, 3.05) is 24.6 Å². The molecule has 0 aliphatic carbocycles. The van der Waals surface area contributed by atoms with Gasteiger partial charge in [-0.15, -0.1) is 0 Å². The van der Waals surface area contributed by atoms with Crippen molar-refractivity contribution in [3.8, 4) is 0 Å². The number of hydrogen-bond donors (Lipinski definition) is 1. The molecule has 3 nitrogen and oxygen atoms in total. The summed E-state index contributed by atoms with van der Waals surface area (Å²) in [7, 11) is 0. The molecule has 1 saturated heterocycles. The fraction of sp³-hybridized carbons (Fsp3) is 0.571. The minimum atomic E-state index is 0.683. The molecule has 0 unspecified atom stereocenters. The Kier molecular flexibility index (Phi) is 5.03. The van der Waals surface area contributed by atoms with Crippen molar-refractivity contribution in [1.82, 2.24) is 0 Å². The van der Waals surface area contributed by atoms with Crippen molar-refractivity contribution in [3.63, 3.8) is 0 Å². The first kappa shape index (κ1) is 13.8. The molecule has 2 rings (SSSR count). The summed E-state index contributed by atoms with van der Waals surface area (Å²) in [5.74, 6) is 5.85. The lowest BCUT2D eigenvalue weighted by atomic mass is 9.93. The molecule has 18 heavy (non-hydrogen) atoms. The Hall–Kier alpha value is -0.580. The number of benzene rings is 1. The van der Waals surface area contributed by atoms with Crippen LogP contribution in [0.25, 0.3) is 0 Å². The van der Waals surface area contributed by atoms with E-state index in [1.807, 2.05) is 0 Å². The normalized spacial score (nSPS) is 17.2. The van der Waals surface area contributed by atoms with Gasteiger partial charge in [0.2, 0.25) is 0 Å². The van der Waals surface area contributed by atoms with Crippen molar-refractivity contribution >= 4 is 21.6 Å². The van der Waals surface area contributed by atoms with E-state index in [0.29, 0.717) is 6.61 Å². The fourth-order valence-corrected chi connectivity index (χ4v) is 2.79. The first-order valence-corrected chi connectivity index (χ1v) is 7.33. The average molecular weight is 313 g/mol. The van der Waals surface area contributed by atoms with Gasteiger partial charge in [0.05, 0.1) is 6.61 Å². The summed E-state index contributed by atoms with van der Waals surface area (Å²) >= 11 is 3.55. The lowest BCUT2D eigenvalue weighted by Gasteiger charge is -2.33. The second kappa shape index (κ2) is 6.55. The van der Waals surface area contributed by atoms with E-state index >= 15 is 0 Å². The molecule has 0 spiro atoms. The van der Waals surface area contributed by atoms with E-state index in [1.54, 1.807) is 0 Å². The van der Waals surface area contributed by atoms with Gasteiger partial charge in [-0.2, -0.15) is 0 Å². The Labute approximate surface area is 117 Å². The molecule has 0 saturated carbocycles. The molecule has 100 valence electrons. The predicted molar refractivity (Wildman–Crippen MR) is 78.6 cm³/mol. The summed E-state index contributed by atoms with van der Waals surface area (Å²) in [5, 5.41) is 0. The summed E-state index contributed by atoms with van der Waals surface area (Å²) in [6.07, 6.45) is 3.56. The Morgan fingerprint density at radius 2 is 2.11 bits per heavy atom. The Morgan fingerprint density at radius 1 is 1.39 bits per heavy atom. The van der Waals surface area contributed by atoms with Gasteiger partial charge in [0, 0.05) is 23.2 Å². The molecule has 1 fully saturated rings. The van der Waals surface area contributed by atoms with Crippen LogP contribution in [-0.2, 0) is 4.84 Å². The summed E-state index contributed by atoms with van der Waals surface area (Å²) in [6, 6.07) is 6.59. The maximum Gasteiger partial charge on any atom is 0.0681 e. The number of anilines is 1. The molecule has 2 N–H and O–H groups in total. The first-order chi connectivity index (χ1) is 8.70. The molecule has 1 heterocycles. The minimum absolute atomic E-state index is 0.683. The number of halogens is 1. The highest BCUT2D eigenvalue weighted by Crippen LogP contribution is 2.28. The van der Waals surface area contributed by atoms with Crippen LogP contribution in [0.1, 0.15) is 24.8 Å². The van der Waals surface area contributed by atoms with Gasteiger partial charge in [0.25, 0.3) is 0 Å². The standard InChI is InChI=1S/C14H21BrN2O/c1-11-10-13(2-3-14(11)15)17-7-4-12(5-8-17)6-9-18-16/h2-3,10,12H,4-9,16H2,1H3. The van der Waals surface area contributed by atoms with Crippen LogP contribution in [0.2, 0.25) is 0 Å². The topological polar surface area (TPSA) is 38.5 Å². The van der Waals surface area contributed by atoms with E-state index in [9.17, 15) is 0 Å². The van der Waals surface area contributed by atoms with Crippen LogP contribution in [0.15, 0.2) is 22.7 Å². The molecule has 4 heteroatoms. The van der Waals surface area contributed by atoms with Crippen LogP contribution in [0, 0.1) is 12.8 Å². The highest BCUT2D eigenvalue weighted by Gasteiger charge is 2.19. The summed E-state index contributed by atoms with van der Waals surface area (Å²) in [6.45, 7) is 5.09. The van der Waals surface area contributed by atoms with E-state index in [-0.39, 0.29) is 0 Å². The third-order valence-electron chi connectivity index (χ3n) is 3.77. The molecule has 0 atom stereocenters. The van der Waals surface area contributed by atoms with Gasteiger partial charge in [-0.25, -0.2) is 5.90 Å². The zero-order valence-corrected chi connectivity index (χ0v) is 12.4. The monoisotopic (exact) mass is 312 g/mol. The summed E-state index contributed by atoms with van der Waals surface area (Å²) in [5.41, 5.74) is 2.63. The first-order valence-electron chi connectivity index (χ1n) is 6.53. The van der Waals surface area contributed by atoms with Crippen LogP contribution in [0.3, 0.4) is 0 Å². The number of piperidine rings is 1. The predicted octanol–water partition coefficient (Wildman–Crippen LogP) is 3.25. The zero-order valence-electron chi connectivity index (χ0n) is 10.9. The van der Waals surface area contributed by atoms with Crippen LogP contribution in [0.4, 0.5) is 5.69 Å². The van der Waals surface area contributed by atoms with Gasteiger partial charge in [0.15, 0.2) is 0 Å². The average Bonchev–Trinajstić information content (AvgIpc) is 2.40. The van der Waals surface area contributed by atoms with Gasteiger partial charge < -0.3 is 9.74 Å². The number of nitrogens with zero attached hydrogens (tertiary/aromatic N) is 1.